The van der Waals surface area contributed by atoms with Gasteiger partial charge in [-0.05, 0) is 24.7 Å². The fraction of sp³-hybridized carbons (Fsp3) is 0.786. The van der Waals surface area contributed by atoms with Gasteiger partial charge < -0.3 is 20.1 Å². The number of methoxy groups -OCH3 is 1. The number of nitrogens with one attached hydrogen (secondary N) is 1. The lowest BCUT2D eigenvalue weighted by Gasteiger charge is -2.35. The number of ether oxygens (including phenoxy) is 1. The van der Waals surface area contributed by atoms with Gasteiger partial charge in [0.05, 0.1) is 7.11 Å². The number of likely N-dealkylation sites (tertiary alicyclic amines) is 1. The number of urea groups is 1. The van der Waals surface area contributed by atoms with Crippen LogP contribution in [0.3, 0.4) is 0 Å². The summed E-state index contributed by atoms with van der Waals surface area (Å²) in [6.07, 6.45) is 0.892. The van der Waals surface area contributed by atoms with E-state index in [-0.39, 0.29) is 18.9 Å². The summed E-state index contributed by atoms with van der Waals surface area (Å²) in [5.74, 6) is -0.687. The van der Waals surface area contributed by atoms with E-state index in [2.05, 4.69) is 23.9 Å². The molecule has 0 spiro atoms. The Hall–Kier alpha value is -1.79. The van der Waals surface area contributed by atoms with Gasteiger partial charge in [-0.25, -0.2) is 9.59 Å². The fourth-order valence-corrected chi connectivity index (χ4v) is 2.31. The molecule has 120 valence electrons. The predicted octanol–water partition coefficient (Wildman–Crippen LogP) is 1.08. The van der Waals surface area contributed by atoms with Crippen molar-refractivity contribution < 1.29 is 24.2 Å². The average molecular weight is 300 g/mol. The van der Waals surface area contributed by atoms with E-state index in [1.807, 2.05) is 0 Å². The van der Waals surface area contributed by atoms with Gasteiger partial charge in [0.2, 0.25) is 0 Å². The Labute approximate surface area is 124 Å². The maximum atomic E-state index is 12.1. The summed E-state index contributed by atoms with van der Waals surface area (Å²) in [4.78, 5) is 36.0. The third kappa shape index (κ3) is 5.24. The Balaban J connectivity index is 2.52. The molecule has 0 aromatic rings. The van der Waals surface area contributed by atoms with E-state index in [0.717, 1.165) is 6.42 Å². The number of nitrogens with zero attached hydrogens (tertiary/aromatic N) is 1. The van der Waals surface area contributed by atoms with Crippen LogP contribution >= 0.6 is 0 Å². The third-order valence-electron chi connectivity index (χ3n) is 4.08. The van der Waals surface area contributed by atoms with Crippen LogP contribution in [0.2, 0.25) is 0 Å². The van der Waals surface area contributed by atoms with Crippen molar-refractivity contribution in [1.29, 1.82) is 0 Å². The van der Waals surface area contributed by atoms with Crippen molar-refractivity contribution in [3.8, 4) is 0 Å². The number of piperidine rings is 1. The van der Waals surface area contributed by atoms with Gasteiger partial charge in [-0.1, -0.05) is 13.8 Å². The number of hydrogen-bond donors (Lipinski definition) is 2. The number of carbonyl (C=O) groups excluding carboxylic acids is 2. The number of hydrogen-bond acceptors (Lipinski definition) is 4. The van der Waals surface area contributed by atoms with Gasteiger partial charge in [0.1, 0.15) is 6.04 Å². The molecule has 1 saturated heterocycles. The molecule has 1 rings (SSSR count). The van der Waals surface area contributed by atoms with Crippen LogP contribution in [0.15, 0.2) is 0 Å². The van der Waals surface area contributed by atoms with Crippen molar-refractivity contribution in [2.75, 3.05) is 20.2 Å². The summed E-state index contributed by atoms with van der Waals surface area (Å²) in [5.41, 5.74) is 0. The van der Waals surface area contributed by atoms with Crippen LogP contribution in [0.4, 0.5) is 4.79 Å². The molecule has 3 atom stereocenters. The SMILES string of the molecule is COC(=O)CC[C@H](NC(=O)N1CCC(C)C(C)C1)C(=O)O. The molecule has 0 bridgehead atoms. The van der Waals surface area contributed by atoms with Crippen molar-refractivity contribution in [3.05, 3.63) is 0 Å². The maximum Gasteiger partial charge on any atom is 0.326 e. The summed E-state index contributed by atoms with van der Waals surface area (Å²) in [6, 6.07) is -1.46. The predicted molar refractivity (Wildman–Crippen MR) is 75.7 cm³/mol. The van der Waals surface area contributed by atoms with E-state index in [0.29, 0.717) is 24.9 Å². The summed E-state index contributed by atoms with van der Waals surface area (Å²) in [5, 5.41) is 11.6. The molecule has 7 nitrogen and oxygen atoms in total. The molecule has 2 amide bonds. The summed E-state index contributed by atoms with van der Waals surface area (Å²) >= 11 is 0. The zero-order valence-electron chi connectivity index (χ0n) is 12.8. The first-order valence-electron chi connectivity index (χ1n) is 7.20. The first-order valence-corrected chi connectivity index (χ1v) is 7.20. The Kier molecular flexibility index (Phi) is 6.45. The van der Waals surface area contributed by atoms with E-state index in [9.17, 15) is 14.4 Å². The molecule has 0 aliphatic carbocycles. The zero-order valence-corrected chi connectivity index (χ0v) is 12.8. The minimum Gasteiger partial charge on any atom is -0.480 e. The Morgan fingerprint density at radius 2 is 2.00 bits per heavy atom. The van der Waals surface area contributed by atoms with E-state index in [1.54, 1.807) is 4.90 Å². The lowest BCUT2D eigenvalue weighted by molar-refractivity contribution is -0.142. The number of carboxylic acid groups (broad SMARTS) is 1. The average Bonchev–Trinajstić information content (AvgIpc) is 2.45. The standard InChI is InChI=1S/C14H24N2O5/c1-9-6-7-16(8-10(9)2)14(20)15-11(13(18)19)4-5-12(17)21-3/h9-11H,4-8H2,1-3H3,(H,15,20)(H,18,19)/t9?,10?,11-/m0/s1. The molecule has 1 aliphatic rings. The van der Waals surface area contributed by atoms with Gasteiger partial charge in [-0.15, -0.1) is 0 Å². The smallest absolute Gasteiger partial charge is 0.326 e. The van der Waals surface area contributed by atoms with Crippen LogP contribution in [-0.4, -0.2) is 54.2 Å². The molecule has 0 radical (unpaired) electrons. The highest BCUT2D eigenvalue weighted by Crippen LogP contribution is 2.22. The number of esters is 1. The number of amides is 2. The van der Waals surface area contributed by atoms with Gasteiger partial charge in [0.25, 0.3) is 0 Å². The second kappa shape index (κ2) is 7.85. The van der Waals surface area contributed by atoms with E-state index in [4.69, 9.17) is 5.11 Å². The molecule has 0 saturated carbocycles. The van der Waals surface area contributed by atoms with Crippen molar-refractivity contribution in [1.82, 2.24) is 10.2 Å². The van der Waals surface area contributed by atoms with Gasteiger partial charge in [-0.2, -0.15) is 0 Å². The fourth-order valence-electron chi connectivity index (χ4n) is 2.31. The van der Waals surface area contributed by atoms with Crippen molar-refractivity contribution in [2.45, 2.75) is 39.2 Å². The highest BCUT2D eigenvalue weighted by atomic mass is 16.5. The molecule has 1 aliphatic heterocycles. The molecule has 2 N–H and O–H groups in total. The highest BCUT2D eigenvalue weighted by molar-refractivity contribution is 5.83. The first-order chi connectivity index (χ1) is 9.85. The van der Waals surface area contributed by atoms with Crippen LogP contribution in [0.1, 0.15) is 33.1 Å². The molecule has 2 unspecified atom stereocenters. The summed E-state index contributed by atoms with van der Waals surface area (Å²) in [7, 11) is 1.24. The van der Waals surface area contributed by atoms with Crippen LogP contribution in [-0.2, 0) is 14.3 Å². The monoisotopic (exact) mass is 300 g/mol. The Bertz CT molecular complexity index is 399. The Morgan fingerprint density at radius 3 is 2.52 bits per heavy atom. The molecule has 21 heavy (non-hydrogen) atoms. The Morgan fingerprint density at radius 1 is 1.33 bits per heavy atom. The number of carboxylic acids is 1. The number of aliphatic carboxylic acids is 1. The highest BCUT2D eigenvalue weighted by Gasteiger charge is 2.28. The lowest BCUT2D eigenvalue weighted by atomic mass is 9.89. The van der Waals surface area contributed by atoms with E-state index in [1.165, 1.54) is 7.11 Å². The lowest BCUT2D eigenvalue weighted by Crippen LogP contribution is -2.51. The second-order valence-electron chi connectivity index (χ2n) is 5.64. The first kappa shape index (κ1) is 17.3. The number of rotatable bonds is 5. The topological polar surface area (TPSA) is 95.9 Å². The van der Waals surface area contributed by atoms with Crippen LogP contribution < -0.4 is 5.32 Å². The van der Waals surface area contributed by atoms with E-state index >= 15 is 0 Å². The summed E-state index contributed by atoms with van der Waals surface area (Å²) in [6.45, 7) is 5.48. The minimum absolute atomic E-state index is 0.0214. The maximum absolute atomic E-state index is 12.1. The normalized spacial score (nSPS) is 23.3. The van der Waals surface area contributed by atoms with Crippen LogP contribution in [0.5, 0.6) is 0 Å². The molecular weight excluding hydrogens is 276 g/mol. The van der Waals surface area contributed by atoms with Gasteiger partial charge >= 0.3 is 18.0 Å². The van der Waals surface area contributed by atoms with Crippen LogP contribution in [0, 0.1) is 11.8 Å². The van der Waals surface area contributed by atoms with Crippen molar-refractivity contribution >= 4 is 18.0 Å². The van der Waals surface area contributed by atoms with Gasteiger partial charge in [-0.3, -0.25) is 4.79 Å². The van der Waals surface area contributed by atoms with E-state index < -0.39 is 18.0 Å². The van der Waals surface area contributed by atoms with Gasteiger partial charge in [0, 0.05) is 19.5 Å². The van der Waals surface area contributed by atoms with Crippen molar-refractivity contribution in [2.24, 2.45) is 11.8 Å². The minimum atomic E-state index is -1.15. The summed E-state index contributed by atoms with van der Waals surface area (Å²) < 4.78 is 4.47. The largest absolute Gasteiger partial charge is 0.480 e. The van der Waals surface area contributed by atoms with Crippen LogP contribution in [0.25, 0.3) is 0 Å². The van der Waals surface area contributed by atoms with Crippen molar-refractivity contribution in [3.63, 3.8) is 0 Å². The molecule has 0 aromatic heterocycles. The molecule has 1 fully saturated rings. The molecule has 7 heteroatoms. The quantitative estimate of drug-likeness (QED) is 0.741. The second-order valence-corrected chi connectivity index (χ2v) is 5.64. The zero-order chi connectivity index (χ0) is 16.0. The molecule has 0 aromatic carbocycles. The number of carbonyl (C=O) groups is 3. The molecule has 1 heterocycles. The third-order valence-corrected chi connectivity index (χ3v) is 4.08. The molecular formula is C14H24N2O5. The van der Waals surface area contributed by atoms with Gasteiger partial charge in [0.15, 0.2) is 0 Å².